The number of halogens is 1. The number of esters is 1. The van der Waals surface area contributed by atoms with Crippen molar-refractivity contribution in [2.24, 2.45) is 0 Å². The van der Waals surface area contributed by atoms with E-state index in [1.54, 1.807) is 0 Å². The molecule has 0 unspecified atom stereocenters. The third-order valence-corrected chi connectivity index (χ3v) is 3.42. The normalized spacial score (nSPS) is 11.0. The van der Waals surface area contributed by atoms with Crippen molar-refractivity contribution in [1.82, 2.24) is 5.32 Å². The second kappa shape index (κ2) is 10.3. The van der Waals surface area contributed by atoms with Crippen LogP contribution >= 0.6 is 11.6 Å². The van der Waals surface area contributed by atoms with Crippen LogP contribution in [0.15, 0.2) is 12.1 Å². The van der Waals surface area contributed by atoms with E-state index in [9.17, 15) is 9.59 Å². The van der Waals surface area contributed by atoms with Crippen LogP contribution in [0.3, 0.4) is 0 Å². The van der Waals surface area contributed by atoms with E-state index >= 15 is 0 Å². The molecule has 7 heteroatoms. The molecule has 0 aromatic heterocycles. The number of amides is 1. The fraction of sp³-hybridized carbons (Fsp3) is 0.579. The van der Waals surface area contributed by atoms with Crippen LogP contribution in [0.4, 0.5) is 0 Å². The van der Waals surface area contributed by atoms with E-state index in [-0.39, 0.29) is 23.1 Å². The van der Waals surface area contributed by atoms with Crippen molar-refractivity contribution < 1.29 is 23.8 Å². The van der Waals surface area contributed by atoms with Gasteiger partial charge in [-0.2, -0.15) is 0 Å². The third kappa shape index (κ3) is 7.52. The van der Waals surface area contributed by atoms with Crippen LogP contribution in [-0.2, 0) is 9.53 Å². The van der Waals surface area contributed by atoms with Crippen molar-refractivity contribution in [3.8, 4) is 11.5 Å². The van der Waals surface area contributed by atoms with Gasteiger partial charge in [-0.3, -0.25) is 4.79 Å². The summed E-state index contributed by atoms with van der Waals surface area (Å²) in [4.78, 5) is 24.0. The van der Waals surface area contributed by atoms with Crippen LogP contribution < -0.4 is 14.8 Å². The maximum atomic E-state index is 12.2. The average Bonchev–Trinajstić information content (AvgIpc) is 2.53. The second-order valence-corrected chi connectivity index (χ2v) is 7.20. The summed E-state index contributed by atoms with van der Waals surface area (Å²) >= 11 is 6.25. The van der Waals surface area contributed by atoms with Crippen LogP contribution in [0.2, 0.25) is 5.02 Å². The highest BCUT2D eigenvalue weighted by molar-refractivity contribution is 6.32. The Morgan fingerprint density at radius 3 is 2.42 bits per heavy atom. The van der Waals surface area contributed by atoms with E-state index in [2.05, 4.69) is 12.2 Å². The molecule has 0 heterocycles. The minimum atomic E-state index is -0.656. The molecular formula is C19H28ClNO5. The van der Waals surface area contributed by atoms with Crippen LogP contribution in [0.5, 0.6) is 11.5 Å². The molecule has 26 heavy (non-hydrogen) atoms. The van der Waals surface area contributed by atoms with Crippen molar-refractivity contribution in [3.05, 3.63) is 22.7 Å². The van der Waals surface area contributed by atoms with Gasteiger partial charge in [0.2, 0.25) is 0 Å². The third-order valence-electron chi connectivity index (χ3n) is 3.14. The van der Waals surface area contributed by atoms with E-state index in [0.29, 0.717) is 24.7 Å². The van der Waals surface area contributed by atoms with Gasteiger partial charge in [0.05, 0.1) is 23.8 Å². The molecular weight excluding hydrogens is 358 g/mol. The highest BCUT2D eigenvalue weighted by atomic mass is 35.5. The lowest BCUT2D eigenvalue weighted by Crippen LogP contribution is -2.42. The fourth-order valence-electron chi connectivity index (χ4n) is 2.08. The predicted octanol–water partition coefficient (Wildman–Crippen LogP) is 3.99. The van der Waals surface area contributed by atoms with E-state index in [4.69, 9.17) is 25.8 Å². The number of hydrogen-bond acceptors (Lipinski definition) is 5. The summed E-state index contributed by atoms with van der Waals surface area (Å²) in [5.41, 5.74) is -0.197. The summed E-state index contributed by atoms with van der Waals surface area (Å²) < 4.78 is 16.3. The summed E-state index contributed by atoms with van der Waals surface area (Å²) in [6.45, 7) is 9.95. The number of hydrogen-bond donors (Lipinski definition) is 1. The Labute approximate surface area is 160 Å². The molecule has 1 aromatic carbocycles. The summed E-state index contributed by atoms with van der Waals surface area (Å²) in [6.07, 6.45) is 1.87. The molecule has 1 N–H and O–H groups in total. The van der Waals surface area contributed by atoms with Crippen LogP contribution in [0.25, 0.3) is 0 Å². The molecule has 0 aliphatic heterocycles. The lowest BCUT2D eigenvalue weighted by atomic mass is 10.1. The van der Waals surface area contributed by atoms with Crippen molar-refractivity contribution in [3.63, 3.8) is 0 Å². The summed E-state index contributed by atoms with van der Waals surface area (Å²) in [6, 6.07) is 2.97. The first-order chi connectivity index (χ1) is 12.2. The zero-order valence-electron chi connectivity index (χ0n) is 16.1. The Kier molecular flexibility index (Phi) is 8.72. The fourth-order valence-corrected chi connectivity index (χ4v) is 2.34. The van der Waals surface area contributed by atoms with E-state index in [1.165, 1.54) is 12.1 Å². The minimum Gasteiger partial charge on any atom is -0.490 e. The SMILES string of the molecule is CCCCOc1c(Cl)cc(C(=O)OCC(=O)NC(C)(C)C)cc1OCC. The van der Waals surface area contributed by atoms with Gasteiger partial charge in [-0.1, -0.05) is 24.9 Å². The molecule has 146 valence electrons. The standard InChI is InChI=1S/C19H28ClNO5/c1-6-8-9-25-17-14(20)10-13(11-15(17)24-7-2)18(23)26-12-16(22)21-19(3,4)5/h10-11H,6-9,12H2,1-5H3,(H,21,22). The zero-order chi connectivity index (χ0) is 19.7. The quantitative estimate of drug-likeness (QED) is 0.514. The lowest BCUT2D eigenvalue weighted by Gasteiger charge is -2.20. The highest BCUT2D eigenvalue weighted by Gasteiger charge is 2.19. The largest absolute Gasteiger partial charge is 0.490 e. The van der Waals surface area contributed by atoms with Gasteiger partial charge < -0.3 is 19.5 Å². The zero-order valence-corrected chi connectivity index (χ0v) is 16.9. The topological polar surface area (TPSA) is 73.9 Å². The number of unbranched alkanes of at least 4 members (excludes halogenated alkanes) is 1. The molecule has 6 nitrogen and oxygen atoms in total. The van der Waals surface area contributed by atoms with Gasteiger partial charge in [0, 0.05) is 5.54 Å². The first-order valence-electron chi connectivity index (χ1n) is 8.75. The predicted molar refractivity (Wildman–Crippen MR) is 101 cm³/mol. The van der Waals surface area contributed by atoms with Gasteiger partial charge in [-0.15, -0.1) is 0 Å². The summed E-state index contributed by atoms with van der Waals surface area (Å²) in [5.74, 6) is -0.246. The molecule has 1 aromatic rings. The summed E-state index contributed by atoms with van der Waals surface area (Å²) in [5, 5.41) is 2.98. The van der Waals surface area contributed by atoms with Gasteiger partial charge in [0.15, 0.2) is 18.1 Å². The monoisotopic (exact) mass is 385 g/mol. The Morgan fingerprint density at radius 2 is 1.85 bits per heavy atom. The Morgan fingerprint density at radius 1 is 1.15 bits per heavy atom. The van der Waals surface area contributed by atoms with Gasteiger partial charge in [0.1, 0.15) is 0 Å². The molecule has 0 bridgehead atoms. The average molecular weight is 386 g/mol. The van der Waals surface area contributed by atoms with E-state index in [0.717, 1.165) is 12.8 Å². The first-order valence-corrected chi connectivity index (χ1v) is 9.13. The number of nitrogens with one attached hydrogen (secondary N) is 1. The van der Waals surface area contributed by atoms with Crippen LogP contribution in [0, 0.1) is 0 Å². The highest BCUT2D eigenvalue weighted by Crippen LogP contribution is 2.37. The number of benzene rings is 1. The van der Waals surface area contributed by atoms with E-state index in [1.807, 2.05) is 27.7 Å². The van der Waals surface area contributed by atoms with Crippen molar-refractivity contribution in [2.45, 2.75) is 53.0 Å². The maximum Gasteiger partial charge on any atom is 0.338 e. The molecule has 0 aliphatic rings. The van der Waals surface area contributed by atoms with Gasteiger partial charge in [-0.05, 0) is 46.2 Å². The number of rotatable bonds is 9. The van der Waals surface area contributed by atoms with Crippen LogP contribution in [-0.4, -0.2) is 37.2 Å². The molecule has 0 atom stereocenters. The maximum absolute atomic E-state index is 12.2. The summed E-state index contributed by atoms with van der Waals surface area (Å²) in [7, 11) is 0. The Bertz CT molecular complexity index is 625. The van der Waals surface area contributed by atoms with Gasteiger partial charge in [0.25, 0.3) is 5.91 Å². The number of carbonyl (C=O) groups excluding carboxylic acids is 2. The molecule has 0 radical (unpaired) electrons. The Hall–Kier alpha value is -1.95. The van der Waals surface area contributed by atoms with Gasteiger partial charge >= 0.3 is 5.97 Å². The lowest BCUT2D eigenvalue weighted by molar-refractivity contribution is -0.125. The molecule has 0 saturated heterocycles. The minimum absolute atomic E-state index is 0.199. The molecule has 0 saturated carbocycles. The second-order valence-electron chi connectivity index (χ2n) is 6.79. The smallest absolute Gasteiger partial charge is 0.338 e. The first kappa shape index (κ1) is 22.1. The van der Waals surface area contributed by atoms with E-state index < -0.39 is 11.5 Å². The van der Waals surface area contributed by atoms with Crippen molar-refractivity contribution in [2.75, 3.05) is 19.8 Å². The van der Waals surface area contributed by atoms with Crippen molar-refractivity contribution >= 4 is 23.5 Å². The Balaban J connectivity index is 2.85. The van der Waals surface area contributed by atoms with Crippen molar-refractivity contribution in [1.29, 1.82) is 0 Å². The number of ether oxygens (including phenoxy) is 3. The number of carbonyl (C=O) groups is 2. The molecule has 0 spiro atoms. The van der Waals surface area contributed by atoms with Gasteiger partial charge in [-0.25, -0.2) is 4.79 Å². The molecule has 0 aliphatic carbocycles. The molecule has 1 amide bonds. The molecule has 0 fully saturated rings. The molecule has 1 rings (SSSR count). The van der Waals surface area contributed by atoms with Crippen LogP contribution in [0.1, 0.15) is 57.8 Å².